The highest BCUT2D eigenvalue weighted by Gasteiger charge is 2.24. The van der Waals surface area contributed by atoms with E-state index in [0.717, 1.165) is 6.42 Å². The average Bonchev–Trinajstić information content (AvgIpc) is 3.10. The van der Waals surface area contributed by atoms with E-state index >= 15 is 0 Å². The van der Waals surface area contributed by atoms with Crippen molar-refractivity contribution in [3.8, 4) is 0 Å². The lowest BCUT2D eigenvalue weighted by Gasteiger charge is -2.22. The maximum absolute atomic E-state index is 12.2. The van der Waals surface area contributed by atoms with E-state index in [1.54, 1.807) is 0 Å². The van der Waals surface area contributed by atoms with Crippen LogP contribution in [0.3, 0.4) is 0 Å². The molecule has 0 radical (unpaired) electrons. The van der Waals surface area contributed by atoms with Crippen molar-refractivity contribution >= 4 is 17.4 Å². The van der Waals surface area contributed by atoms with E-state index in [4.69, 9.17) is 11.3 Å². The molecule has 29 heavy (non-hydrogen) atoms. The second kappa shape index (κ2) is 11.5. The zero-order valence-electron chi connectivity index (χ0n) is 18.1. The molecule has 162 valence electrons. The fraction of sp³-hybridized carbons (Fsp3) is 0.789. The van der Waals surface area contributed by atoms with Gasteiger partial charge in [-0.1, -0.05) is 32.9 Å². The zero-order chi connectivity index (χ0) is 21.9. The fourth-order valence-corrected chi connectivity index (χ4v) is 3.15. The summed E-state index contributed by atoms with van der Waals surface area (Å²) < 4.78 is 0. The minimum Gasteiger partial charge on any atom is -0.364 e. The van der Waals surface area contributed by atoms with Crippen LogP contribution < -0.4 is 11.3 Å². The van der Waals surface area contributed by atoms with Crippen molar-refractivity contribution in [3.05, 3.63) is 5.82 Å². The number of aromatic nitrogens is 4. The van der Waals surface area contributed by atoms with Gasteiger partial charge in [-0.15, -0.1) is 10.2 Å². The first kappa shape index (κ1) is 24.5. The van der Waals surface area contributed by atoms with Crippen molar-refractivity contribution in [1.82, 2.24) is 20.6 Å². The Hall–Kier alpha value is -2.52. The van der Waals surface area contributed by atoms with Crippen molar-refractivity contribution < 1.29 is 15.1 Å². The summed E-state index contributed by atoms with van der Waals surface area (Å²) in [6.07, 6.45) is 5.06. The monoisotopic (exact) mass is 407 g/mol. The summed E-state index contributed by atoms with van der Waals surface area (Å²) in [5, 5.41) is 20.7. The van der Waals surface area contributed by atoms with Gasteiger partial charge in [-0.3, -0.25) is 9.59 Å². The molecule has 0 aliphatic heterocycles. The quantitative estimate of drug-likeness (QED) is 0.173. The molecule has 0 fully saturated rings. The van der Waals surface area contributed by atoms with Crippen LogP contribution in [0.5, 0.6) is 0 Å². The van der Waals surface area contributed by atoms with E-state index in [1.807, 2.05) is 13.8 Å². The van der Waals surface area contributed by atoms with E-state index < -0.39 is 0 Å². The molecule has 0 saturated heterocycles. The Morgan fingerprint density at radius 3 is 2.14 bits per heavy atom. The largest absolute Gasteiger partial charge is 0.364 e. The molecule has 0 unspecified atom stereocenters. The van der Waals surface area contributed by atoms with Crippen LogP contribution in [0.2, 0.25) is 0 Å². The van der Waals surface area contributed by atoms with Crippen LogP contribution in [0.1, 0.15) is 84.9 Å². The molecule has 5 N–H and O–H groups in total. The summed E-state index contributed by atoms with van der Waals surface area (Å²) in [5.74, 6) is 1.37. The second-order valence-electron chi connectivity index (χ2n) is 9.15. The number of rotatable bonds is 15. The lowest BCUT2D eigenvalue weighted by Crippen LogP contribution is -2.26. The van der Waals surface area contributed by atoms with Crippen LogP contribution in [0, 0.1) is 10.8 Å². The second-order valence-corrected chi connectivity index (χ2v) is 9.15. The number of H-pyrrole nitrogens is 1. The number of ketones is 2. The maximum atomic E-state index is 12.2. The Kier molecular flexibility index (Phi) is 9.70. The van der Waals surface area contributed by atoms with Crippen LogP contribution in [0.15, 0.2) is 10.3 Å². The van der Waals surface area contributed by atoms with Gasteiger partial charge in [0.2, 0.25) is 5.84 Å². The van der Waals surface area contributed by atoms with Gasteiger partial charge in [0.05, 0.1) is 5.10 Å². The molecule has 10 heteroatoms. The lowest BCUT2D eigenvalue weighted by molar-refractivity contribution is -0.222. The number of hydrogen-bond acceptors (Lipinski definition) is 6. The van der Waals surface area contributed by atoms with E-state index in [2.05, 4.69) is 44.8 Å². The minimum atomic E-state index is -0.159. The Morgan fingerprint density at radius 2 is 1.62 bits per heavy atom. The molecule has 0 aliphatic carbocycles. The molecule has 1 heterocycles. The maximum Gasteiger partial charge on any atom is 0.243 e. The minimum absolute atomic E-state index is 0.0801. The third-order valence-electron chi connectivity index (χ3n) is 4.94. The van der Waals surface area contributed by atoms with Gasteiger partial charge in [0.1, 0.15) is 16.8 Å². The van der Waals surface area contributed by atoms with Crippen LogP contribution in [-0.2, 0) is 16.0 Å². The van der Waals surface area contributed by atoms with E-state index in [-0.39, 0.29) is 22.4 Å². The Labute approximate surface area is 172 Å². The number of hydrogen-bond donors (Lipinski definition) is 3. The van der Waals surface area contributed by atoms with Crippen LogP contribution in [0.4, 0.5) is 0 Å². The highest BCUT2D eigenvalue weighted by molar-refractivity contribution is 5.82. The molecule has 0 bridgehead atoms. The fourth-order valence-electron chi connectivity index (χ4n) is 3.15. The lowest BCUT2D eigenvalue weighted by atomic mass is 9.82. The van der Waals surface area contributed by atoms with Gasteiger partial charge in [0, 0.05) is 38.5 Å². The Bertz CT molecular complexity index is 695. The predicted octanol–water partition coefficient (Wildman–Crippen LogP) is 1.54. The third-order valence-corrected chi connectivity index (χ3v) is 4.94. The summed E-state index contributed by atoms with van der Waals surface area (Å²) in [7, 11) is 0. The number of carbonyl (C=O) groups is 2. The standard InChI is InChI=1S/C19H34N8O2/c1-18(2,12-16(20)22-25-21)10-8-14(28)6-5-7-15(29)9-11-19(3,4)13-17-23-26-27-24-17/h5-13H2,1-4H3,(H3,20,21,22)(H,23,24,26,27)/p+1. The molecule has 10 nitrogen and oxygen atoms in total. The topological polar surface area (TPSA) is 165 Å². The first-order chi connectivity index (χ1) is 13.5. The molecular formula is C19H35N8O2+. The van der Waals surface area contributed by atoms with Crippen molar-refractivity contribution in [2.75, 3.05) is 0 Å². The van der Waals surface area contributed by atoms with Gasteiger partial charge < -0.3 is 5.73 Å². The van der Waals surface area contributed by atoms with Crippen molar-refractivity contribution in [2.24, 2.45) is 26.9 Å². The van der Waals surface area contributed by atoms with Crippen LogP contribution >= 0.6 is 0 Å². The smallest absolute Gasteiger partial charge is 0.243 e. The molecular weight excluding hydrogens is 372 g/mol. The van der Waals surface area contributed by atoms with E-state index in [1.165, 1.54) is 0 Å². The first-order valence-corrected chi connectivity index (χ1v) is 10.0. The summed E-state index contributed by atoms with van der Waals surface area (Å²) in [4.78, 5) is 24.3. The Balaban J connectivity index is 2.23. The molecule has 1 aromatic rings. The van der Waals surface area contributed by atoms with Gasteiger partial charge >= 0.3 is 0 Å². The summed E-state index contributed by atoms with van der Waals surface area (Å²) in [6, 6.07) is 0. The van der Waals surface area contributed by atoms with Gasteiger partial charge in [-0.25, -0.2) is 0 Å². The summed E-state index contributed by atoms with van der Waals surface area (Å²) in [6.45, 7) is 8.22. The van der Waals surface area contributed by atoms with E-state index in [0.29, 0.717) is 63.0 Å². The van der Waals surface area contributed by atoms with Gasteiger partial charge in [-0.2, -0.15) is 10.7 Å². The number of Topliss-reactive ketones (excluding diaryl/α,β-unsaturated/α-hetero) is 2. The van der Waals surface area contributed by atoms with Gasteiger partial charge in [-0.05, 0) is 30.1 Å². The number of nitrogens with zero attached hydrogens (tertiary/aromatic N) is 5. The molecule has 0 amide bonds. The van der Waals surface area contributed by atoms with E-state index in [9.17, 15) is 9.59 Å². The third kappa shape index (κ3) is 11.2. The van der Waals surface area contributed by atoms with Crippen molar-refractivity contribution in [2.45, 2.75) is 85.5 Å². The van der Waals surface area contributed by atoms with Crippen LogP contribution in [-0.4, -0.2) is 38.0 Å². The summed E-state index contributed by atoms with van der Waals surface area (Å²) in [5.41, 5.74) is 10.5. The molecule has 0 saturated carbocycles. The number of tetrazole rings is 1. The normalized spacial score (nSPS) is 12.8. The Morgan fingerprint density at radius 1 is 1.03 bits per heavy atom. The molecule has 0 spiro atoms. The molecule has 1 rings (SSSR count). The van der Waals surface area contributed by atoms with Gasteiger partial charge in [0.25, 0.3) is 0 Å². The average molecular weight is 408 g/mol. The van der Waals surface area contributed by atoms with Crippen molar-refractivity contribution in [1.29, 1.82) is 0 Å². The molecule has 1 aromatic heterocycles. The number of nitrogens with two attached hydrogens (primary N) is 2. The summed E-state index contributed by atoms with van der Waals surface area (Å²) >= 11 is 0. The number of nitrogens with one attached hydrogen (secondary N) is 1. The first-order valence-electron chi connectivity index (χ1n) is 10.0. The highest BCUT2D eigenvalue weighted by Crippen LogP contribution is 2.28. The molecule has 0 aromatic carbocycles. The molecule has 0 atom stereocenters. The number of amidine groups is 1. The highest BCUT2D eigenvalue weighted by atomic mass is 16.1. The predicted molar refractivity (Wildman–Crippen MR) is 108 cm³/mol. The van der Waals surface area contributed by atoms with Crippen molar-refractivity contribution in [3.63, 3.8) is 0 Å². The number of carbonyl (C=O) groups excluding carboxylic acids is 2. The zero-order valence-corrected chi connectivity index (χ0v) is 18.1. The number of aromatic amines is 1. The molecule has 0 aliphatic rings. The van der Waals surface area contributed by atoms with Crippen LogP contribution in [0.25, 0.3) is 0 Å². The SMILES string of the molecule is CC(C)(CCC(=O)CCCC(=O)CCC(C)(C)Cc1nn[nH]n1)C/C(N)=N/N=[NH2+]. The van der Waals surface area contributed by atoms with Gasteiger partial charge in [0.15, 0.2) is 5.82 Å².